The number of benzene rings is 1. The van der Waals surface area contributed by atoms with E-state index in [0.717, 1.165) is 25.3 Å². The third-order valence-corrected chi connectivity index (χ3v) is 2.80. The second-order valence-corrected chi connectivity index (χ2v) is 4.37. The third-order valence-electron chi connectivity index (χ3n) is 2.58. The molecule has 15 heavy (non-hydrogen) atoms. The van der Waals surface area contributed by atoms with E-state index < -0.39 is 0 Å². The summed E-state index contributed by atoms with van der Waals surface area (Å²) in [6.45, 7) is 4.83. The maximum absolute atomic E-state index is 13.2. The molecule has 1 aromatic carbocycles. The minimum absolute atomic E-state index is 0.274. The number of hydrogen-bond acceptors (Lipinski definition) is 2. The number of rotatable bonds is 1. The van der Waals surface area contributed by atoms with Crippen LogP contribution >= 0.6 is 11.6 Å². The van der Waals surface area contributed by atoms with E-state index in [0.29, 0.717) is 11.1 Å². The Morgan fingerprint density at radius 2 is 2.27 bits per heavy atom. The van der Waals surface area contributed by atoms with Crippen LogP contribution in [0.15, 0.2) is 18.2 Å². The molecule has 0 aromatic heterocycles. The smallest absolute Gasteiger partial charge is 0.126 e. The van der Waals surface area contributed by atoms with Gasteiger partial charge in [-0.2, -0.15) is 0 Å². The molecule has 1 aliphatic rings. The van der Waals surface area contributed by atoms with Gasteiger partial charge in [-0.25, -0.2) is 4.39 Å². The molecule has 4 heteroatoms. The molecule has 1 heterocycles. The molecular formula is C11H14ClFN2. The average Bonchev–Trinajstić information content (AvgIpc) is 2.16. The second-order valence-electron chi connectivity index (χ2n) is 3.93. The van der Waals surface area contributed by atoms with Crippen LogP contribution in [0.3, 0.4) is 0 Å². The lowest BCUT2D eigenvalue weighted by atomic mass is 10.2. The standard InChI is InChI=1S/C11H14ClFN2/c1-8-7-15(3-2-14-8)11-5-9(12)4-10(13)6-11/h4-6,8,14H,2-3,7H2,1H3. The summed E-state index contributed by atoms with van der Waals surface area (Å²) in [7, 11) is 0. The second kappa shape index (κ2) is 4.37. The van der Waals surface area contributed by atoms with Crippen LogP contribution < -0.4 is 10.2 Å². The molecule has 1 saturated heterocycles. The van der Waals surface area contributed by atoms with Crippen LogP contribution in [0.5, 0.6) is 0 Å². The van der Waals surface area contributed by atoms with Crippen LogP contribution in [0.4, 0.5) is 10.1 Å². The van der Waals surface area contributed by atoms with E-state index in [9.17, 15) is 4.39 Å². The summed E-state index contributed by atoms with van der Waals surface area (Å²) >= 11 is 5.82. The molecule has 2 rings (SSSR count). The zero-order valence-electron chi connectivity index (χ0n) is 8.63. The summed E-state index contributed by atoms with van der Waals surface area (Å²) in [5, 5.41) is 3.80. The lowest BCUT2D eigenvalue weighted by molar-refractivity contribution is 0.484. The Morgan fingerprint density at radius 1 is 1.47 bits per heavy atom. The molecule has 0 amide bonds. The van der Waals surface area contributed by atoms with Gasteiger partial charge in [0.15, 0.2) is 0 Å². The SMILES string of the molecule is CC1CN(c2cc(F)cc(Cl)c2)CCN1. The Kier molecular flexibility index (Phi) is 3.12. The topological polar surface area (TPSA) is 15.3 Å². The molecule has 0 bridgehead atoms. The summed E-state index contributed by atoms with van der Waals surface area (Å²) in [5.74, 6) is -0.274. The summed E-state index contributed by atoms with van der Waals surface area (Å²) in [5.41, 5.74) is 0.869. The van der Waals surface area contributed by atoms with Crippen molar-refractivity contribution in [3.05, 3.63) is 29.0 Å². The van der Waals surface area contributed by atoms with Crippen molar-refractivity contribution in [1.82, 2.24) is 5.32 Å². The van der Waals surface area contributed by atoms with Crippen molar-refractivity contribution >= 4 is 17.3 Å². The van der Waals surface area contributed by atoms with Gasteiger partial charge in [0.25, 0.3) is 0 Å². The van der Waals surface area contributed by atoms with Crippen molar-refractivity contribution < 1.29 is 4.39 Å². The quantitative estimate of drug-likeness (QED) is 0.794. The average molecular weight is 229 g/mol. The molecule has 1 atom stereocenters. The van der Waals surface area contributed by atoms with Gasteiger partial charge in [-0.1, -0.05) is 11.6 Å². The molecule has 1 N–H and O–H groups in total. The Hall–Kier alpha value is -0.800. The highest BCUT2D eigenvalue weighted by Crippen LogP contribution is 2.22. The van der Waals surface area contributed by atoms with Crippen LogP contribution in [0.2, 0.25) is 5.02 Å². The van der Waals surface area contributed by atoms with E-state index >= 15 is 0 Å². The lowest BCUT2D eigenvalue weighted by Gasteiger charge is -2.33. The molecular weight excluding hydrogens is 215 g/mol. The number of anilines is 1. The molecule has 2 nitrogen and oxygen atoms in total. The van der Waals surface area contributed by atoms with E-state index in [1.807, 2.05) is 6.07 Å². The van der Waals surface area contributed by atoms with Crippen molar-refractivity contribution in [2.24, 2.45) is 0 Å². The van der Waals surface area contributed by atoms with Crippen molar-refractivity contribution in [3.8, 4) is 0 Å². The monoisotopic (exact) mass is 228 g/mol. The van der Waals surface area contributed by atoms with Gasteiger partial charge in [0.2, 0.25) is 0 Å². The molecule has 1 fully saturated rings. The first-order valence-corrected chi connectivity index (χ1v) is 5.47. The largest absolute Gasteiger partial charge is 0.369 e. The fourth-order valence-corrected chi connectivity index (χ4v) is 2.10. The highest BCUT2D eigenvalue weighted by atomic mass is 35.5. The van der Waals surface area contributed by atoms with Crippen molar-refractivity contribution in [2.45, 2.75) is 13.0 Å². The Bertz CT molecular complexity index is 336. The fraction of sp³-hybridized carbons (Fsp3) is 0.455. The van der Waals surface area contributed by atoms with Crippen LogP contribution in [0.25, 0.3) is 0 Å². The maximum Gasteiger partial charge on any atom is 0.126 e. The Labute approximate surface area is 94.0 Å². The third kappa shape index (κ3) is 2.61. The zero-order chi connectivity index (χ0) is 10.8. The highest BCUT2D eigenvalue weighted by Gasteiger charge is 2.16. The first-order chi connectivity index (χ1) is 7.15. The van der Waals surface area contributed by atoms with E-state index in [-0.39, 0.29) is 5.82 Å². The van der Waals surface area contributed by atoms with Gasteiger partial charge in [-0.15, -0.1) is 0 Å². The molecule has 1 aliphatic heterocycles. The van der Waals surface area contributed by atoms with E-state index in [1.165, 1.54) is 12.1 Å². The minimum atomic E-state index is -0.274. The van der Waals surface area contributed by atoms with Crippen LogP contribution in [-0.4, -0.2) is 25.7 Å². The fourth-order valence-electron chi connectivity index (χ4n) is 1.89. The van der Waals surface area contributed by atoms with E-state index in [2.05, 4.69) is 17.1 Å². The van der Waals surface area contributed by atoms with Gasteiger partial charge in [0.1, 0.15) is 5.82 Å². The van der Waals surface area contributed by atoms with Crippen molar-refractivity contribution in [2.75, 3.05) is 24.5 Å². The number of nitrogens with zero attached hydrogens (tertiary/aromatic N) is 1. The van der Waals surface area contributed by atoms with E-state index in [4.69, 9.17) is 11.6 Å². The summed E-state index contributed by atoms with van der Waals surface area (Å²) in [6.07, 6.45) is 0. The molecule has 82 valence electrons. The first kappa shape index (κ1) is 10.7. The van der Waals surface area contributed by atoms with Gasteiger partial charge in [0.05, 0.1) is 0 Å². The minimum Gasteiger partial charge on any atom is -0.369 e. The highest BCUT2D eigenvalue weighted by molar-refractivity contribution is 6.30. The molecule has 0 radical (unpaired) electrons. The Balaban J connectivity index is 2.20. The number of hydrogen-bond donors (Lipinski definition) is 1. The number of nitrogens with one attached hydrogen (secondary N) is 1. The predicted octanol–water partition coefficient (Wildman–Crippen LogP) is 2.28. The predicted molar refractivity (Wildman–Crippen MR) is 61.1 cm³/mol. The molecule has 0 saturated carbocycles. The van der Waals surface area contributed by atoms with E-state index in [1.54, 1.807) is 0 Å². The van der Waals surface area contributed by atoms with Crippen LogP contribution in [0.1, 0.15) is 6.92 Å². The molecule has 1 aromatic rings. The van der Waals surface area contributed by atoms with Gasteiger partial charge in [-0.3, -0.25) is 0 Å². The van der Waals surface area contributed by atoms with Crippen LogP contribution in [0, 0.1) is 5.82 Å². The van der Waals surface area contributed by atoms with Crippen LogP contribution in [-0.2, 0) is 0 Å². The van der Waals surface area contributed by atoms with Gasteiger partial charge in [0, 0.05) is 36.4 Å². The van der Waals surface area contributed by atoms with Gasteiger partial charge < -0.3 is 10.2 Å². The molecule has 1 unspecified atom stereocenters. The van der Waals surface area contributed by atoms with Gasteiger partial charge in [-0.05, 0) is 25.1 Å². The number of halogens is 2. The first-order valence-electron chi connectivity index (χ1n) is 5.09. The molecule has 0 aliphatic carbocycles. The number of piperazine rings is 1. The van der Waals surface area contributed by atoms with Crippen molar-refractivity contribution in [3.63, 3.8) is 0 Å². The zero-order valence-corrected chi connectivity index (χ0v) is 9.39. The summed E-state index contributed by atoms with van der Waals surface area (Å²) < 4.78 is 13.2. The molecule has 0 spiro atoms. The maximum atomic E-state index is 13.2. The normalized spacial score (nSPS) is 21.8. The summed E-state index contributed by atoms with van der Waals surface area (Å²) in [4.78, 5) is 2.15. The van der Waals surface area contributed by atoms with Gasteiger partial charge >= 0.3 is 0 Å². The lowest BCUT2D eigenvalue weighted by Crippen LogP contribution is -2.49. The Morgan fingerprint density at radius 3 is 2.93 bits per heavy atom. The summed E-state index contributed by atoms with van der Waals surface area (Å²) in [6, 6.07) is 5.10. The van der Waals surface area contributed by atoms with Crippen molar-refractivity contribution in [1.29, 1.82) is 0 Å².